The van der Waals surface area contributed by atoms with Crippen molar-refractivity contribution in [2.45, 2.75) is 75.3 Å². The predicted octanol–water partition coefficient (Wildman–Crippen LogP) is 1.17. The minimum atomic E-state index is -2.25. The van der Waals surface area contributed by atoms with Crippen LogP contribution in [0.5, 0.6) is 17.2 Å². The first-order valence-corrected chi connectivity index (χ1v) is 15.0. The monoisotopic (exact) mass is 624 g/mol. The molecule has 13 heteroatoms. The second kappa shape index (κ2) is 11.8. The second-order valence-corrected chi connectivity index (χ2v) is 12.1. The number of aliphatic hydroxyl groups is 3. The van der Waals surface area contributed by atoms with E-state index in [2.05, 4.69) is 9.89 Å². The average molecular weight is 625 g/mol. The van der Waals surface area contributed by atoms with Gasteiger partial charge in [-0.05, 0) is 25.8 Å². The Hall–Kier alpha value is -3.88. The van der Waals surface area contributed by atoms with Crippen LogP contribution in [0.3, 0.4) is 0 Å². The van der Waals surface area contributed by atoms with E-state index in [4.69, 9.17) is 14.2 Å². The largest absolute Gasteiger partial charge is 0.507 e. The summed E-state index contributed by atoms with van der Waals surface area (Å²) in [7, 11) is 1.33. The van der Waals surface area contributed by atoms with Gasteiger partial charge in [-0.25, -0.2) is 0 Å². The standard InChI is InChI=1S/C32H36N2O11/c1-15-27(37)18(33-14-34-8-3-4-9-34)10-22(44-15)45-20-12-32(42,21(36)13-35)11-17-24(20)31(41)26-25(29(17)39)28(38)16-6-5-7-19(43-2)23(16)30(26)40/h5-7,14-15,18,20,22,27,35,37,39,41-42H,3-4,8-13H2,1-2H3/t15?,18?,20-,22?,27?,32?/m0/s1. The van der Waals surface area contributed by atoms with Crippen molar-refractivity contribution >= 4 is 23.7 Å². The third-order valence-corrected chi connectivity index (χ3v) is 9.29. The summed E-state index contributed by atoms with van der Waals surface area (Å²) in [6.07, 6.45) is -1.22. The molecule has 5 N–H and O–H groups in total. The smallest absolute Gasteiger partial charge is 0.202 e. The van der Waals surface area contributed by atoms with E-state index in [-0.39, 0.29) is 34.4 Å². The lowest BCUT2D eigenvalue weighted by Crippen LogP contribution is -2.50. The van der Waals surface area contributed by atoms with Crippen LogP contribution >= 0.6 is 0 Å². The van der Waals surface area contributed by atoms with Gasteiger partial charge in [-0.15, -0.1) is 0 Å². The molecule has 0 bridgehead atoms. The first-order chi connectivity index (χ1) is 21.5. The summed E-state index contributed by atoms with van der Waals surface area (Å²) >= 11 is 0. The van der Waals surface area contributed by atoms with E-state index in [1.54, 1.807) is 13.3 Å². The number of methoxy groups -OCH3 is 1. The highest BCUT2D eigenvalue weighted by atomic mass is 16.7. The Morgan fingerprint density at radius 2 is 1.84 bits per heavy atom. The fraction of sp³-hybridized carbons (Fsp3) is 0.500. The number of fused-ring (bicyclic) bond motifs is 3. The molecule has 0 saturated carbocycles. The van der Waals surface area contributed by atoms with Gasteiger partial charge in [-0.2, -0.15) is 0 Å². The number of benzene rings is 2. The molecule has 0 radical (unpaired) electrons. The zero-order valence-corrected chi connectivity index (χ0v) is 24.9. The van der Waals surface area contributed by atoms with Crippen LogP contribution in [-0.4, -0.2) is 111 Å². The van der Waals surface area contributed by atoms with Crippen molar-refractivity contribution < 1.29 is 54.1 Å². The summed E-state index contributed by atoms with van der Waals surface area (Å²) in [5, 5.41) is 55.1. The number of phenolic OH excluding ortho intramolecular Hbond substituents is 2. The van der Waals surface area contributed by atoms with Gasteiger partial charge in [0.2, 0.25) is 5.78 Å². The Balaban J connectivity index is 1.42. The van der Waals surface area contributed by atoms with E-state index in [9.17, 15) is 39.9 Å². The van der Waals surface area contributed by atoms with E-state index < -0.39 is 95.7 Å². The van der Waals surface area contributed by atoms with Crippen LogP contribution in [0.15, 0.2) is 23.2 Å². The van der Waals surface area contributed by atoms with Gasteiger partial charge in [-0.3, -0.25) is 19.4 Å². The summed E-state index contributed by atoms with van der Waals surface area (Å²) in [4.78, 5) is 46.9. The van der Waals surface area contributed by atoms with Crippen molar-refractivity contribution in [1.29, 1.82) is 0 Å². The zero-order valence-electron chi connectivity index (χ0n) is 24.9. The molecule has 6 atom stereocenters. The lowest BCUT2D eigenvalue weighted by molar-refractivity contribution is -0.247. The third-order valence-electron chi connectivity index (χ3n) is 9.29. The molecule has 6 rings (SSSR count). The Morgan fingerprint density at radius 3 is 2.53 bits per heavy atom. The maximum atomic E-state index is 13.8. The molecule has 2 saturated heterocycles. The van der Waals surface area contributed by atoms with Gasteiger partial charge in [0.25, 0.3) is 0 Å². The Bertz CT molecular complexity index is 1580. The van der Waals surface area contributed by atoms with Gasteiger partial charge in [0.05, 0.1) is 48.4 Å². The zero-order chi connectivity index (χ0) is 32.2. The summed E-state index contributed by atoms with van der Waals surface area (Å²) in [6, 6.07) is 3.79. The van der Waals surface area contributed by atoms with Crippen molar-refractivity contribution in [2.75, 3.05) is 26.8 Å². The Labute approximate surface area is 258 Å². The van der Waals surface area contributed by atoms with Gasteiger partial charge in [0.15, 0.2) is 17.9 Å². The van der Waals surface area contributed by atoms with Crippen molar-refractivity contribution in [2.24, 2.45) is 4.99 Å². The van der Waals surface area contributed by atoms with Crippen LogP contribution in [0, 0.1) is 0 Å². The van der Waals surface area contributed by atoms with Gasteiger partial charge < -0.3 is 44.6 Å². The number of aromatic hydroxyl groups is 2. The van der Waals surface area contributed by atoms with Gasteiger partial charge in [0.1, 0.15) is 35.6 Å². The van der Waals surface area contributed by atoms with E-state index in [1.165, 1.54) is 25.3 Å². The number of ether oxygens (including phenoxy) is 3. The molecule has 2 aliphatic heterocycles. The number of hydrogen-bond donors (Lipinski definition) is 5. The van der Waals surface area contributed by atoms with Crippen LogP contribution in [0.4, 0.5) is 0 Å². The third kappa shape index (κ3) is 5.18. The molecule has 0 aromatic heterocycles. The molecule has 45 heavy (non-hydrogen) atoms. The van der Waals surface area contributed by atoms with Crippen LogP contribution in [0.1, 0.15) is 81.7 Å². The molecule has 2 heterocycles. The number of Topliss-reactive ketones (excluding diaryl/α,β-unsaturated/α-hetero) is 1. The fourth-order valence-electron chi connectivity index (χ4n) is 6.88. The number of rotatable bonds is 7. The Morgan fingerprint density at radius 1 is 1.13 bits per heavy atom. The summed E-state index contributed by atoms with van der Waals surface area (Å²) in [5.74, 6) is -3.72. The number of hydrogen-bond acceptors (Lipinski definition) is 12. The van der Waals surface area contributed by atoms with E-state index in [0.29, 0.717) is 0 Å². The molecule has 2 aromatic carbocycles. The van der Waals surface area contributed by atoms with Crippen molar-refractivity contribution in [1.82, 2.24) is 4.90 Å². The maximum absolute atomic E-state index is 13.8. The number of carbonyl (C=O) groups is 3. The molecule has 0 amide bonds. The number of carbonyl (C=O) groups excluding carboxylic acids is 3. The average Bonchev–Trinajstić information content (AvgIpc) is 3.55. The highest BCUT2D eigenvalue weighted by molar-refractivity contribution is 6.31. The molecule has 2 aromatic rings. The lowest BCUT2D eigenvalue weighted by Gasteiger charge is -2.42. The normalized spacial score (nSPS) is 29.4. The van der Waals surface area contributed by atoms with Crippen LogP contribution in [-0.2, 0) is 20.7 Å². The van der Waals surface area contributed by atoms with E-state index in [0.717, 1.165) is 25.9 Å². The topological polar surface area (TPSA) is 196 Å². The van der Waals surface area contributed by atoms with E-state index >= 15 is 0 Å². The molecule has 240 valence electrons. The number of aliphatic hydroxyl groups excluding tert-OH is 2. The first kappa shape index (κ1) is 31.1. The Kier molecular flexibility index (Phi) is 8.16. The van der Waals surface area contributed by atoms with Gasteiger partial charge in [-0.1, -0.05) is 12.1 Å². The second-order valence-electron chi connectivity index (χ2n) is 12.1. The summed E-state index contributed by atoms with van der Waals surface area (Å²) < 4.78 is 17.5. The first-order valence-electron chi connectivity index (χ1n) is 15.0. The highest BCUT2D eigenvalue weighted by Crippen LogP contribution is 2.52. The number of ketones is 3. The predicted molar refractivity (Wildman–Crippen MR) is 157 cm³/mol. The van der Waals surface area contributed by atoms with Crippen LogP contribution in [0.25, 0.3) is 0 Å². The summed E-state index contributed by atoms with van der Waals surface area (Å²) in [6.45, 7) is 2.35. The SMILES string of the molecule is COc1cccc2c1C(=O)c1c(O)c3c(c(O)c1C2=O)CC(O)(C(=O)CO)C[C@@H]3OC1CC(N=CN2CCCC2)C(O)C(C)O1. The molecule has 13 nitrogen and oxygen atoms in total. The van der Waals surface area contributed by atoms with Crippen molar-refractivity contribution in [3.8, 4) is 17.2 Å². The number of likely N-dealkylation sites (tertiary alicyclic amines) is 1. The molecule has 4 aliphatic rings. The lowest BCUT2D eigenvalue weighted by atomic mass is 9.72. The molecular weight excluding hydrogens is 588 g/mol. The molecule has 2 fully saturated rings. The minimum Gasteiger partial charge on any atom is -0.507 e. The highest BCUT2D eigenvalue weighted by Gasteiger charge is 2.50. The number of phenols is 2. The van der Waals surface area contributed by atoms with Gasteiger partial charge in [0, 0.05) is 49.0 Å². The molecule has 0 spiro atoms. The van der Waals surface area contributed by atoms with E-state index in [1.807, 2.05) is 0 Å². The van der Waals surface area contributed by atoms with Crippen molar-refractivity contribution in [3.05, 3.63) is 51.6 Å². The summed E-state index contributed by atoms with van der Waals surface area (Å²) in [5.41, 5.74) is -3.58. The van der Waals surface area contributed by atoms with Crippen LogP contribution in [0.2, 0.25) is 0 Å². The number of aliphatic imine (C=N–C) groups is 1. The maximum Gasteiger partial charge on any atom is 0.202 e. The molecular formula is C32H36N2O11. The van der Waals surface area contributed by atoms with Crippen molar-refractivity contribution in [3.63, 3.8) is 0 Å². The van der Waals surface area contributed by atoms with Crippen LogP contribution < -0.4 is 4.74 Å². The quantitative estimate of drug-likeness (QED) is 0.143. The molecule has 2 aliphatic carbocycles. The fourth-order valence-corrected chi connectivity index (χ4v) is 6.88. The molecule has 5 unspecified atom stereocenters. The van der Waals surface area contributed by atoms with Gasteiger partial charge >= 0.3 is 0 Å². The minimum absolute atomic E-state index is 0.0458. The number of nitrogens with zero attached hydrogens (tertiary/aromatic N) is 2.